The summed E-state index contributed by atoms with van der Waals surface area (Å²) in [4.78, 5) is 33.6. The number of benzene rings is 2. The van der Waals surface area contributed by atoms with E-state index in [4.69, 9.17) is 11.6 Å². The van der Waals surface area contributed by atoms with Gasteiger partial charge in [0.15, 0.2) is 0 Å². The first-order chi connectivity index (χ1) is 11.0. The number of nitro benzene ring substituents is 1. The minimum Gasteiger partial charge on any atom is -0.307 e. The van der Waals surface area contributed by atoms with Crippen LogP contribution in [0.3, 0.4) is 0 Å². The molecule has 2 aromatic rings. The first-order valence-electron chi connectivity index (χ1n) is 6.33. The predicted molar refractivity (Wildman–Crippen MR) is 84.2 cm³/mol. The van der Waals surface area contributed by atoms with E-state index in [9.17, 15) is 19.7 Å². The molecule has 0 radical (unpaired) electrons. The van der Waals surface area contributed by atoms with Gasteiger partial charge in [-0.25, -0.2) is 10.2 Å². The lowest BCUT2D eigenvalue weighted by Crippen LogP contribution is -2.43. The fraction of sp³-hybridized carbons (Fsp3) is 0. The highest BCUT2D eigenvalue weighted by Gasteiger charge is 2.16. The average molecular weight is 335 g/mol. The van der Waals surface area contributed by atoms with E-state index in [0.717, 1.165) is 6.07 Å². The molecule has 0 saturated heterocycles. The van der Waals surface area contributed by atoms with Crippen molar-refractivity contribution in [3.63, 3.8) is 0 Å². The standard InChI is InChI=1S/C14H11ClN4O4/c15-11-7-6-9(8-12(11)19(22)23)13(20)17-18-14(21)16-10-4-2-1-3-5-10/h1-8H,(H,17,20)(H2,16,18,21). The van der Waals surface area contributed by atoms with Gasteiger partial charge in [-0.2, -0.15) is 0 Å². The van der Waals surface area contributed by atoms with Crippen LogP contribution in [0.4, 0.5) is 16.2 Å². The fourth-order valence-corrected chi connectivity index (χ4v) is 1.85. The van der Waals surface area contributed by atoms with Crippen LogP contribution in [0.2, 0.25) is 5.02 Å². The molecule has 2 aromatic carbocycles. The summed E-state index contributed by atoms with van der Waals surface area (Å²) in [5, 5.41) is 13.2. The van der Waals surface area contributed by atoms with Crippen molar-refractivity contribution in [2.75, 3.05) is 5.32 Å². The maximum absolute atomic E-state index is 11.9. The summed E-state index contributed by atoms with van der Waals surface area (Å²) in [6.45, 7) is 0. The molecule has 0 atom stereocenters. The summed E-state index contributed by atoms with van der Waals surface area (Å²) in [7, 11) is 0. The molecule has 23 heavy (non-hydrogen) atoms. The molecule has 0 aliphatic carbocycles. The van der Waals surface area contributed by atoms with Crippen molar-refractivity contribution in [3.05, 3.63) is 69.2 Å². The summed E-state index contributed by atoms with van der Waals surface area (Å²) in [5.74, 6) is -0.715. The molecule has 2 rings (SSSR count). The van der Waals surface area contributed by atoms with E-state index in [1.807, 2.05) is 0 Å². The number of carbonyl (C=O) groups is 2. The third kappa shape index (κ3) is 4.42. The van der Waals surface area contributed by atoms with Crippen LogP contribution in [0.5, 0.6) is 0 Å². The van der Waals surface area contributed by atoms with Gasteiger partial charge in [0, 0.05) is 17.3 Å². The summed E-state index contributed by atoms with van der Waals surface area (Å²) in [5.41, 5.74) is 4.41. The molecular weight excluding hydrogens is 324 g/mol. The van der Waals surface area contributed by atoms with Crippen LogP contribution < -0.4 is 16.2 Å². The van der Waals surface area contributed by atoms with Gasteiger partial charge < -0.3 is 5.32 Å². The monoisotopic (exact) mass is 334 g/mol. The van der Waals surface area contributed by atoms with Gasteiger partial charge in [-0.1, -0.05) is 29.8 Å². The normalized spacial score (nSPS) is 9.78. The minimum absolute atomic E-state index is 0.0129. The van der Waals surface area contributed by atoms with Crippen molar-refractivity contribution in [1.29, 1.82) is 0 Å². The number of anilines is 1. The molecule has 0 aliphatic rings. The minimum atomic E-state index is -0.715. The second-order valence-corrected chi connectivity index (χ2v) is 4.73. The van der Waals surface area contributed by atoms with Crippen LogP contribution in [0, 0.1) is 10.1 Å². The number of hydrazine groups is 1. The first-order valence-corrected chi connectivity index (χ1v) is 6.71. The highest BCUT2D eigenvalue weighted by molar-refractivity contribution is 6.32. The van der Waals surface area contributed by atoms with Crippen LogP contribution in [0.15, 0.2) is 48.5 Å². The number of nitrogens with zero attached hydrogens (tertiary/aromatic N) is 1. The molecule has 9 heteroatoms. The largest absolute Gasteiger partial charge is 0.337 e. The van der Waals surface area contributed by atoms with Crippen LogP contribution in [0.1, 0.15) is 10.4 Å². The Morgan fingerprint density at radius 3 is 2.39 bits per heavy atom. The predicted octanol–water partition coefficient (Wildman–Crippen LogP) is 2.71. The molecular formula is C14H11ClN4O4. The zero-order chi connectivity index (χ0) is 16.8. The van der Waals surface area contributed by atoms with E-state index in [2.05, 4.69) is 16.2 Å². The molecule has 0 unspecified atom stereocenters. The topological polar surface area (TPSA) is 113 Å². The van der Waals surface area contributed by atoms with Gasteiger partial charge >= 0.3 is 6.03 Å². The Kier molecular flexibility index (Phi) is 5.11. The lowest BCUT2D eigenvalue weighted by atomic mass is 10.2. The molecule has 0 spiro atoms. The molecule has 0 aromatic heterocycles. The Balaban J connectivity index is 1.96. The van der Waals surface area contributed by atoms with Crippen molar-refractivity contribution in [1.82, 2.24) is 10.9 Å². The number of hydrogen-bond donors (Lipinski definition) is 3. The highest BCUT2D eigenvalue weighted by atomic mass is 35.5. The molecule has 0 saturated carbocycles. The Morgan fingerprint density at radius 2 is 1.74 bits per heavy atom. The smallest absolute Gasteiger partial charge is 0.307 e. The summed E-state index contributed by atoms with van der Waals surface area (Å²) >= 11 is 5.66. The van der Waals surface area contributed by atoms with Crippen molar-refractivity contribution < 1.29 is 14.5 Å². The van der Waals surface area contributed by atoms with E-state index in [1.165, 1.54) is 12.1 Å². The lowest BCUT2D eigenvalue weighted by molar-refractivity contribution is -0.384. The number of halogens is 1. The van der Waals surface area contributed by atoms with Gasteiger partial charge in [0.2, 0.25) is 0 Å². The maximum Gasteiger partial charge on any atom is 0.337 e. The van der Waals surface area contributed by atoms with Crippen LogP contribution in [0.25, 0.3) is 0 Å². The second-order valence-electron chi connectivity index (χ2n) is 4.32. The van der Waals surface area contributed by atoms with Gasteiger partial charge in [-0.15, -0.1) is 0 Å². The van der Waals surface area contributed by atoms with Crippen molar-refractivity contribution in [2.45, 2.75) is 0 Å². The quantitative estimate of drug-likeness (QED) is 0.591. The molecule has 8 nitrogen and oxygen atoms in total. The van der Waals surface area contributed by atoms with Gasteiger partial charge in [0.05, 0.1) is 4.92 Å². The summed E-state index contributed by atoms with van der Waals surface area (Å²) < 4.78 is 0. The van der Waals surface area contributed by atoms with Crippen LogP contribution in [-0.2, 0) is 0 Å². The number of rotatable bonds is 3. The average Bonchev–Trinajstić information content (AvgIpc) is 2.53. The number of para-hydroxylation sites is 1. The SMILES string of the molecule is O=C(NNC(=O)c1ccc(Cl)c([N+](=O)[O-])c1)Nc1ccccc1. The van der Waals surface area contributed by atoms with Crippen molar-refractivity contribution in [2.24, 2.45) is 0 Å². The second kappa shape index (κ2) is 7.23. The number of nitrogens with one attached hydrogen (secondary N) is 3. The molecule has 118 valence electrons. The zero-order valence-electron chi connectivity index (χ0n) is 11.6. The molecule has 0 fully saturated rings. The number of hydrogen-bond acceptors (Lipinski definition) is 4. The van der Waals surface area contributed by atoms with Crippen molar-refractivity contribution >= 4 is 34.9 Å². The van der Waals surface area contributed by atoms with E-state index >= 15 is 0 Å². The summed E-state index contributed by atoms with van der Waals surface area (Å²) in [6.07, 6.45) is 0. The Morgan fingerprint density at radius 1 is 1.04 bits per heavy atom. The van der Waals surface area contributed by atoms with Crippen LogP contribution in [-0.4, -0.2) is 16.9 Å². The van der Waals surface area contributed by atoms with E-state index in [0.29, 0.717) is 5.69 Å². The van der Waals surface area contributed by atoms with E-state index in [1.54, 1.807) is 30.3 Å². The Bertz CT molecular complexity index is 752. The van der Waals surface area contributed by atoms with Gasteiger partial charge in [-0.05, 0) is 24.3 Å². The number of nitro groups is 1. The van der Waals surface area contributed by atoms with Crippen LogP contribution >= 0.6 is 11.6 Å². The molecule has 3 amide bonds. The van der Waals surface area contributed by atoms with E-state index < -0.39 is 22.5 Å². The fourth-order valence-electron chi connectivity index (χ4n) is 1.66. The molecule has 0 heterocycles. The van der Waals surface area contributed by atoms with Crippen molar-refractivity contribution in [3.8, 4) is 0 Å². The molecule has 0 bridgehead atoms. The van der Waals surface area contributed by atoms with Gasteiger partial charge in [0.1, 0.15) is 5.02 Å². The molecule has 0 aliphatic heterocycles. The molecule has 3 N–H and O–H groups in total. The number of amides is 3. The first kappa shape index (κ1) is 16.2. The van der Waals surface area contributed by atoms with Gasteiger partial charge in [0.25, 0.3) is 11.6 Å². The number of urea groups is 1. The third-order valence-corrected chi connectivity index (χ3v) is 3.05. The highest BCUT2D eigenvalue weighted by Crippen LogP contribution is 2.24. The van der Waals surface area contributed by atoms with Gasteiger partial charge in [-0.3, -0.25) is 20.3 Å². The van der Waals surface area contributed by atoms with E-state index in [-0.39, 0.29) is 10.6 Å². The summed E-state index contributed by atoms with van der Waals surface area (Å²) in [6, 6.07) is 11.5. The lowest BCUT2D eigenvalue weighted by Gasteiger charge is -2.09. The zero-order valence-corrected chi connectivity index (χ0v) is 12.3. The maximum atomic E-state index is 11.9. The Hall–Kier alpha value is -3.13. The number of carbonyl (C=O) groups excluding carboxylic acids is 2. The third-order valence-electron chi connectivity index (χ3n) is 2.73. The Labute approximate surface area is 135 Å².